The van der Waals surface area contributed by atoms with Crippen LogP contribution in [0.2, 0.25) is 0 Å². The zero-order valence-corrected chi connectivity index (χ0v) is 15.2. The van der Waals surface area contributed by atoms with Crippen LogP contribution in [0.25, 0.3) is 0 Å². The third kappa shape index (κ3) is 4.58. The van der Waals surface area contributed by atoms with E-state index in [2.05, 4.69) is 5.32 Å². The van der Waals surface area contributed by atoms with Crippen molar-refractivity contribution in [1.82, 2.24) is 5.32 Å². The SMILES string of the molecule is Cc1ccccc1OCC(=O)NCc1ccc(C(=O)c2ccccc2)s1. The molecule has 0 aliphatic rings. The second-order valence-electron chi connectivity index (χ2n) is 5.79. The van der Waals surface area contributed by atoms with Crippen LogP contribution in [-0.2, 0) is 11.3 Å². The molecule has 2 aromatic carbocycles. The number of carbonyl (C=O) groups excluding carboxylic acids is 2. The van der Waals surface area contributed by atoms with Gasteiger partial charge in [0, 0.05) is 10.4 Å². The van der Waals surface area contributed by atoms with E-state index >= 15 is 0 Å². The van der Waals surface area contributed by atoms with Crippen LogP contribution in [0.1, 0.15) is 25.7 Å². The maximum absolute atomic E-state index is 12.4. The van der Waals surface area contributed by atoms with Gasteiger partial charge < -0.3 is 10.1 Å². The predicted octanol–water partition coefficient (Wildman–Crippen LogP) is 3.98. The van der Waals surface area contributed by atoms with Crippen LogP contribution in [0.3, 0.4) is 0 Å². The highest BCUT2D eigenvalue weighted by molar-refractivity contribution is 7.14. The first-order valence-electron chi connectivity index (χ1n) is 8.27. The Bertz CT molecular complexity index is 902. The molecule has 26 heavy (non-hydrogen) atoms. The van der Waals surface area contributed by atoms with E-state index in [1.165, 1.54) is 11.3 Å². The van der Waals surface area contributed by atoms with Gasteiger partial charge in [0.1, 0.15) is 5.75 Å². The molecule has 0 saturated heterocycles. The van der Waals surface area contributed by atoms with Gasteiger partial charge in [-0.25, -0.2) is 0 Å². The number of aryl methyl sites for hydroxylation is 1. The standard InChI is InChI=1S/C21H19NO3S/c1-15-7-5-6-10-18(15)25-14-20(23)22-13-17-11-12-19(26-17)21(24)16-8-3-2-4-9-16/h2-12H,13-14H2,1H3,(H,22,23). The van der Waals surface area contributed by atoms with Crippen LogP contribution in [0.4, 0.5) is 0 Å². The fraction of sp³-hybridized carbons (Fsp3) is 0.143. The largest absolute Gasteiger partial charge is 0.484 e. The Morgan fingerprint density at radius 2 is 1.69 bits per heavy atom. The van der Waals surface area contributed by atoms with Crippen LogP contribution < -0.4 is 10.1 Å². The van der Waals surface area contributed by atoms with Gasteiger partial charge in [0.15, 0.2) is 6.61 Å². The third-order valence-electron chi connectivity index (χ3n) is 3.83. The molecule has 4 nitrogen and oxygen atoms in total. The Morgan fingerprint density at radius 3 is 2.46 bits per heavy atom. The first-order chi connectivity index (χ1) is 12.6. The van der Waals surface area contributed by atoms with Gasteiger partial charge in [0.2, 0.25) is 5.78 Å². The van der Waals surface area contributed by atoms with Gasteiger partial charge in [-0.2, -0.15) is 0 Å². The van der Waals surface area contributed by atoms with Crippen LogP contribution in [0.5, 0.6) is 5.75 Å². The molecule has 0 unspecified atom stereocenters. The number of hydrogen-bond donors (Lipinski definition) is 1. The molecule has 1 aromatic heterocycles. The van der Waals surface area contributed by atoms with Crippen molar-refractivity contribution in [2.45, 2.75) is 13.5 Å². The normalized spacial score (nSPS) is 10.3. The number of carbonyl (C=O) groups is 2. The maximum atomic E-state index is 12.4. The van der Waals surface area contributed by atoms with Crippen molar-refractivity contribution >= 4 is 23.0 Å². The molecule has 0 radical (unpaired) electrons. The minimum atomic E-state index is -0.197. The minimum Gasteiger partial charge on any atom is -0.484 e. The van der Waals surface area contributed by atoms with E-state index < -0.39 is 0 Å². The number of thiophene rings is 1. The Kier molecular flexibility index (Phi) is 5.81. The topological polar surface area (TPSA) is 55.4 Å². The molecule has 1 N–H and O–H groups in total. The average Bonchev–Trinajstić information content (AvgIpc) is 3.15. The molecule has 0 aliphatic heterocycles. The highest BCUT2D eigenvalue weighted by Gasteiger charge is 2.12. The summed E-state index contributed by atoms with van der Waals surface area (Å²) in [5, 5.41) is 2.82. The summed E-state index contributed by atoms with van der Waals surface area (Å²) in [6.45, 7) is 2.28. The van der Waals surface area contributed by atoms with Gasteiger partial charge in [-0.1, -0.05) is 48.5 Å². The summed E-state index contributed by atoms with van der Waals surface area (Å²) in [6, 6.07) is 20.4. The lowest BCUT2D eigenvalue weighted by Gasteiger charge is -2.08. The van der Waals surface area contributed by atoms with Crippen LogP contribution in [0.15, 0.2) is 66.7 Å². The zero-order valence-electron chi connectivity index (χ0n) is 14.4. The van der Waals surface area contributed by atoms with Crippen molar-refractivity contribution in [2.24, 2.45) is 0 Å². The lowest BCUT2D eigenvalue weighted by Crippen LogP contribution is -2.28. The Hall–Kier alpha value is -2.92. The molecule has 5 heteroatoms. The summed E-state index contributed by atoms with van der Waals surface area (Å²) < 4.78 is 5.53. The number of para-hydroxylation sites is 1. The number of benzene rings is 2. The molecular weight excluding hydrogens is 346 g/mol. The predicted molar refractivity (Wildman–Crippen MR) is 103 cm³/mol. The lowest BCUT2D eigenvalue weighted by molar-refractivity contribution is -0.123. The number of nitrogens with one attached hydrogen (secondary N) is 1. The summed E-state index contributed by atoms with van der Waals surface area (Å²) in [7, 11) is 0. The summed E-state index contributed by atoms with van der Waals surface area (Å²) in [5.41, 5.74) is 1.65. The molecule has 3 aromatic rings. The highest BCUT2D eigenvalue weighted by Crippen LogP contribution is 2.20. The Balaban J connectivity index is 1.51. The van der Waals surface area contributed by atoms with E-state index in [1.807, 2.05) is 55.5 Å². The van der Waals surface area contributed by atoms with E-state index in [0.29, 0.717) is 22.7 Å². The molecule has 3 rings (SSSR count). The van der Waals surface area contributed by atoms with E-state index in [0.717, 1.165) is 10.4 Å². The van der Waals surface area contributed by atoms with E-state index in [4.69, 9.17) is 4.74 Å². The third-order valence-corrected chi connectivity index (χ3v) is 4.92. The molecule has 1 amide bonds. The summed E-state index contributed by atoms with van der Waals surface area (Å²) in [5.74, 6) is 0.503. The zero-order chi connectivity index (χ0) is 18.4. The van der Waals surface area contributed by atoms with Crippen molar-refractivity contribution in [3.8, 4) is 5.75 Å². The molecule has 0 spiro atoms. The molecule has 0 saturated carbocycles. The van der Waals surface area contributed by atoms with Crippen molar-refractivity contribution in [2.75, 3.05) is 6.61 Å². The van der Waals surface area contributed by atoms with Crippen molar-refractivity contribution in [1.29, 1.82) is 0 Å². The van der Waals surface area contributed by atoms with Gasteiger partial charge in [-0.05, 0) is 30.7 Å². The first-order valence-corrected chi connectivity index (χ1v) is 9.09. The van der Waals surface area contributed by atoms with E-state index in [9.17, 15) is 9.59 Å². The van der Waals surface area contributed by atoms with Crippen molar-refractivity contribution in [3.63, 3.8) is 0 Å². The smallest absolute Gasteiger partial charge is 0.258 e. The molecule has 0 fully saturated rings. The second-order valence-corrected chi connectivity index (χ2v) is 6.96. The van der Waals surface area contributed by atoms with Gasteiger partial charge in [0.05, 0.1) is 11.4 Å². The molecule has 132 valence electrons. The summed E-state index contributed by atoms with van der Waals surface area (Å²) in [6.07, 6.45) is 0. The number of hydrogen-bond acceptors (Lipinski definition) is 4. The summed E-state index contributed by atoms with van der Waals surface area (Å²) >= 11 is 1.39. The van der Waals surface area contributed by atoms with Crippen LogP contribution in [-0.4, -0.2) is 18.3 Å². The monoisotopic (exact) mass is 365 g/mol. The molecule has 1 heterocycles. The van der Waals surface area contributed by atoms with Gasteiger partial charge in [-0.15, -0.1) is 11.3 Å². The highest BCUT2D eigenvalue weighted by atomic mass is 32.1. The van der Waals surface area contributed by atoms with E-state index in [1.54, 1.807) is 18.2 Å². The lowest BCUT2D eigenvalue weighted by atomic mass is 10.1. The summed E-state index contributed by atoms with van der Waals surface area (Å²) in [4.78, 5) is 25.9. The molecule has 0 aliphatic carbocycles. The van der Waals surface area contributed by atoms with Crippen LogP contribution >= 0.6 is 11.3 Å². The van der Waals surface area contributed by atoms with Gasteiger partial charge in [-0.3, -0.25) is 9.59 Å². The number of ether oxygens (including phenoxy) is 1. The van der Waals surface area contributed by atoms with Crippen molar-refractivity contribution < 1.29 is 14.3 Å². The maximum Gasteiger partial charge on any atom is 0.258 e. The fourth-order valence-corrected chi connectivity index (χ4v) is 3.33. The van der Waals surface area contributed by atoms with Crippen LogP contribution in [0, 0.1) is 6.92 Å². The fourth-order valence-electron chi connectivity index (χ4n) is 2.43. The Morgan fingerprint density at radius 1 is 0.962 bits per heavy atom. The quantitative estimate of drug-likeness (QED) is 0.644. The second kappa shape index (κ2) is 8.45. The van der Waals surface area contributed by atoms with Gasteiger partial charge in [0.25, 0.3) is 5.91 Å². The molecule has 0 bridgehead atoms. The van der Waals surface area contributed by atoms with E-state index in [-0.39, 0.29) is 18.3 Å². The number of rotatable bonds is 7. The van der Waals surface area contributed by atoms with Crippen molar-refractivity contribution in [3.05, 3.63) is 87.6 Å². The average molecular weight is 365 g/mol. The Labute approximate surface area is 156 Å². The molecule has 0 atom stereocenters. The van der Waals surface area contributed by atoms with Gasteiger partial charge >= 0.3 is 0 Å². The number of ketones is 1. The molecular formula is C21H19NO3S. The minimum absolute atomic E-state index is 0.00365. The number of amides is 1. The first kappa shape index (κ1) is 17.9.